The smallest absolute Gasteiger partial charge is 0.395 e. The second-order valence-corrected chi connectivity index (χ2v) is 1.20. The molecule has 1 rings (SSSR count). The van der Waals surface area contributed by atoms with Crippen LogP contribution < -0.4 is 0 Å². The van der Waals surface area contributed by atoms with Crippen LogP contribution in [0.15, 0.2) is 17.7 Å². The van der Waals surface area contributed by atoms with Crippen LogP contribution in [-0.4, -0.2) is 17.0 Å². The first-order valence-corrected chi connectivity index (χ1v) is 2.09. The summed E-state index contributed by atoms with van der Waals surface area (Å²) in [6, 6.07) is 0. The topological polar surface area (TPSA) is 68.1 Å². The van der Waals surface area contributed by atoms with Crippen molar-refractivity contribution in [3.63, 3.8) is 0 Å². The van der Waals surface area contributed by atoms with Gasteiger partial charge in [0.1, 0.15) is 6.26 Å². The second-order valence-electron chi connectivity index (χ2n) is 1.20. The quantitative estimate of drug-likeness (QED) is 0.536. The molecule has 9 heavy (non-hydrogen) atoms. The maximum absolute atomic E-state index is 9.98. The van der Waals surface area contributed by atoms with Gasteiger partial charge in [0, 0.05) is 0 Å². The lowest BCUT2D eigenvalue weighted by Crippen LogP contribution is -2.16. The lowest BCUT2D eigenvalue weighted by Gasteiger charge is -2.01. The number of carbonyl (C=O) groups is 1. The Morgan fingerprint density at radius 1 is 1.67 bits per heavy atom. The van der Waals surface area contributed by atoms with E-state index in [4.69, 9.17) is 5.11 Å². The van der Waals surface area contributed by atoms with E-state index in [0.717, 1.165) is 12.5 Å². The van der Waals surface area contributed by atoms with E-state index in [0.29, 0.717) is 0 Å². The molecule has 0 aliphatic carbocycles. The van der Waals surface area contributed by atoms with Gasteiger partial charge in [0.25, 0.3) is 0 Å². The van der Waals surface area contributed by atoms with Crippen LogP contribution in [0.3, 0.4) is 0 Å². The van der Waals surface area contributed by atoms with Crippen molar-refractivity contribution < 1.29 is 19.5 Å². The first-order chi connectivity index (χ1) is 4.30. The predicted molar refractivity (Wildman–Crippen MR) is 26.4 cm³/mol. The molecule has 5 nitrogen and oxygen atoms in total. The molecule has 0 atom stereocenters. The van der Waals surface area contributed by atoms with Crippen molar-refractivity contribution in [2.75, 3.05) is 0 Å². The van der Waals surface area contributed by atoms with Gasteiger partial charge < -0.3 is 14.7 Å². The zero-order chi connectivity index (χ0) is 6.69. The molecule has 0 aromatic carbocycles. The van der Waals surface area contributed by atoms with Crippen LogP contribution in [0.4, 0.5) is 0 Å². The highest BCUT2D eigenvalue weighted by molar-refractivity contribution is 6.31. The summed E-state index contributed by atoms with van der Waals surface area (Å²) in [6.45, 7) is 0. The van der Waals surface area contributed by atoms with Gasteiger partial charge >= 0.3 is 11.9 Å². The molecule has 0 saturated carbocycles. The van der Waals surface area contributed by atoms with Crippen LogP contribution in [0.1, 0.15) is 0 Å². The zero-order valence-electron chi connectivity index (χ0n) is 4.27. The van der Waals surface area contributed by atoms with Gasteiger partial charge in [-0.3, -0.25) is 0 Å². The Bertz CT molecular complexity index is 183. The van der Waals surface area contributed by atoms with Crippen LogP contribution in [-0.2, 0) is 14.4 Å². The number of oxime groups is 1. The molecule has 1 aliphatic rings. The van der Waals surface area contributed by atoms with Crippen LogP contribution in [0.5, 0.6) is 0 Å². The summed E-state index contributed by atoms with van der Waals surface area (Å²) in [4.78, 5) is 14.2. The Labute approximate surface area is 50.2 Å². The predicted octanol–water partition coefficient (Wildman–Crippen LogP) is -0.0975. The van der Waals surface area contributed by atoms with Crippen molar-refractivity contribution >= 4 is 11.9 Å². The van der Waals surface area contributed by atoms with Gasteiger partial charge in [-0.2, -0.15) is 0 Å². The van der Waals surface area contributed by atoms with Gasteiger partial charge in [-0.1, -0.05) is 0 Å². The maximum atomic E-state index is 9.98. The van der Waals surface area contributed by atoms with Gasteiger partial charge in [-0.25, -0.2) is 4.79 Å². The molecule has 0 spiro atoms. The first kappa shape index (κ1) is 5.61. The third-order valence-corrected chi connectivity index (χ3v) is 0.615. The molecule has 0 saturated heterocycles. The summed E-state index contributed by atoms with van der Waals surface area (Å²) in [6.07, 6.45) is 2.23. The Morgan fingerprint density at radius 3 is 2.78 bits per heavy atom. The fourth-order valence-electron chi connectivity index (χ4n) is 0.306. The molecule has 48 valence electrons. The molecule has 0 unspecified atom stereocenters. The molecule has 1 N–H and O–H groups in total. The number of aliphatic carboxylic acids is 1. The molecule has 1 aliphatic heterocycles. The van der Waals surface area contributed by atoms with E-state index in [-0.39, 0.29) is 0 Å². The molecular formula is C4H3NO4. The van der Waals surface area contributed by atoms with E-state index in [1.54, 1.807) is 0 Å². The maximum Gasteiger partial charge on any atom is 0.395 e. The molecule has 5 heteroatoms. The highest BCUT2D eigenvalue weighted by atomic mass is 16.7. The van der Waals surface area contributed by atoms with Crippen molar-refractivity contribution in [2.24, 2.45) is 5.16 Å². The van der Waals surface area contributed by atoms with E-state index in [2.05, 4.69) is 14.7 Å². The monoisotopic (exact) mass is 129 g/mol. The van der Waals surface area contributed by atoms with E-state index in [1.807, 2.05) is 0 Å². The van der Waals surface area contributed by atoms with E-state index in [9.17, 15) is 4.79 Å². The molecule has 1 heterocycles. The number of nitrogens with zero attached hydrogens (tertiary/aromatic N) is 1. The average molecular weight is 129 g/mol. The molecule has 0 aromatic rings. The van der Waals surface area contributed by atoms with E-state index < -0.39 is 11.9 Å². The highest BCUT2D eigenvalue weighted by Crippen LogP contribution is 1.94. The molecule has 0 bridgehead atoms. The minimum Gasteiger partial charge on any atom is -0.474 e. The van der Waals surface area contributed by atoms with Crippen molar-refractivity contribution in [2.45, 2.75) is 0 Å². The minimum absolute atomic E-state index is 0.461. The van der Waals surface area contributed by atoms with E-state index >= 15 is 0 Å². The van der Waals surface area contributed by atoms with Crippen molar-refractivity contribution in [1.82, 2.24) is 0 Å². The summed E-state index contributed by atoms with van der Waals surface area (Å²) < 4.78 is 4.38. The SMILES string of the molecule is O=C(O)C1=NOC=CO1. The number of hydrogen-bond acceptors (Lipinski definition) is 4. The minimum atomic E-state index is -1.25. The average Bonchev–Trinajstić information content (AvgIpc) is 1.90. The number of hydrogen-bond donors (Lipinski definition) is 1. The Balaban J connectivity index is 2.61. The first-order valence-electron chi connectivity index (χ1n) is 2.09. The van der Waals surface area contributed by atoms with Gasteiger partial charge in [0.2, 0.25) is 0 Å². The van der Waals surface area contributed by atoms with Crippen molar-refractivity contribution in [1.29, 1.82) is 0 Å². The molecule has 0 radical (unpaired) electrons. The van der Waals surface area contributed by atoms with Gasteiger partial charge in [-0.15, -0.1) is 0 Å². The largest absolute Gasteiger partial charge is 0.474 e. The lowest BCUT2D eigenvalue weighted by atomic mass is 10.7. The number of carboxylic acids is 1. The van der Waals surface area contributed by atoms with Crippen LogP contribution in [0.2, 0.25) is 0 Å². The fourth-order valence-corrected chi connectivity index (χ4v) is 0.306. The Hall–Kier alpha value is -1.52. The fraction of sp³-hybridized carbons (Fsp3) is 0. The summed E-state index contributed by atoms with van der Waals surface area (Å²) in [5.41, 5.74) is 0. The van der Waals surface area contributed by atoms with Gasteiger partial charge in [0.15, 0.2) is 6.26 Å². The van der Waals surface area contributed by atoms with Crippen molar-refractivity contribution in [3.8, 4) is 0 Å². The van der Waals surface area contributed by atoms with Crippen LogP contribution >= 0.6 is 0 Å². The number of rotatable bonds is 1. The van der Waals surface area contributed by atoms with Gasteiger partial charge in [0.05, 0.1) is 0 Å². The standard InChI is InChI=1S/C4H3NO4/c6-4(7)3-5-9-2-1-8-3/h1-2H,(H,6,7). The normalized spacial score (nSPS) is 15.3. The molecule has 0 aromatic heterocycles. The van der Waals surface area contributed by atoms with Crippen molar-refractivity contribution in [3.05, 3.63) is 12.5 Å². The molecule has 0 fully saturated rings. The Morgan fingerprint density at radius 2 is 2.44 bits per heavy atom. The summed E-state index contributed by atoms with van der Waals surface area (Å²) >= 11 is 0. The highest BCUT2D eigenvalue weighted by Gasteiger charge is 2.12. The summed E-state index contributed by atoms with van der Waals surface area (Å²) in [5, 5.41) is 11.2. The zero-order valence-corrected chi connectivity index (χ0v) is 4.27. The Kier molecular flexibility index (Phi) is 1.35. The molecular weight excluding hydrogens is 126 g/mol. The summed E-state index contributed by atoms with van der Waals surface area (Å²) in [7, 11) is 0. The number of ether oxygens (including phenoxy) is 1. The summed E-state index contributed by atoms with van der Waals surface area (Å²) in [5.74, 6) is -1.71. The lowest BCUT2D eigenvalue weighted by molar-refractivity contribution is -0.131. The van der Waals surface area contributed by atoms with Crippen LogP contribution in [0.25, 0.3) is 0 Å². The van der Waals surface area contributed by atoms with E-state index in [1.165, 1.54) is 0 Å². The second kappa shape index (κ2) is 2.17. The third-order valence-electron chi connectivity index (χ3n) is 0.615. The third kappa shape index (κ3) is 1.18. The molecule has 0 amide bonds. The van der Waals surface area contributed by atoms with Gasteiger partial charge in [-0.05, 0) is 5.16 Å². The number of carboxylic acid groups (broad SMARTS) is 1. The van der Waals surface area contributed by atoms with Crippen LogP contribution in [0, 0.1) is 0 Å².